The Hall–Kier alpha value is -0.570. The summed E-state index contributed by atoms with van der Waals surface area (Å²) in [6.45, 7) is 17.6. The summed E-state index contributed by atoms with van der Waals surface area (Å²) in [7, 11) is 0. The molecule has 2 unspecified atom stereocenters. The number of unbranched alkanes of at least 4 members (excludes halogenated alkanes) is 6. The molecule has 1 N–H and O–H groups in total. The van der Waals surface area contributed by atoms with Crippen LogP contribution in [0.4, 0.5) is 0 Å². The number of carbonyl (C=O) groups is 1. The molecule has 0 aliphatic rings. The first kappa shape index (κ1) is 31.4. The van der Waals surface area contributed by atoms with Crippen molar-refractivity contribution >= 4 is 5.97 Å². The third kappa shape index (κ3) is 20.1. The Morgan fingerprint density at radius 3 is 1.97 bits per heavy atom. The van der Waals surface area contributed by atoms with Gasteiger partial charge in [-0.1, -0.05) is 113 Å². The summed E-state index contributed by atoms with van der Waals surface area (Å²) in [5.41, 5.74) is 0. The Morgan fingerprint density at radius 2 is 1.38 bits per heavy atom. The Labute approximate surface area is 202 Å². The van der Waals surface area contributed by atoms with Crippen LogP contribution in [0.1, 0.15) is 138 Å². The molecule has 192 valence electrons. The number of carbonyl (C=O) groups excluding carboxylic acids is 1. The lowest BCUT2D eigenvalue weighted by Crippen LogP contribution is -2.25. The van der Waals surface area contributed by atoms with Gasteiger partial charge in [-0.05, 0) is 49.5 Å². The van der Waals surface area contributed by atoms with Crippen LogP contribution in [0.5, 0.6) is 0 Å². The average Bonchev–Trinajstić information content (AvgIpc) is 2.72. The van der Waals surface area contributed by atoms with Gasteiger partial charge < -0.3 is 10.1 Å². The summed E-state index contributed by atoms with van der Waals surface area (Å²) < 4.78 is 5.60. The van der Waals surface area contributed by atoms with E-state index in [0.29, 0.717) is 30.9 Å². The Bertz CT molecular complexity index is 419. The van der Waals surface area contributed by atoms with E-state index in [2.05, 4.69) is 53.8 Å². The van der Waals surface area contributed by atoms with Crippen LogP contribution in [0.3, 0.4) is 0 Å². The van der Waals surface area contributed by atoms with E-state index >= 15 is 0 Å². The van der Waals surface area contributed by atoms with Crippen molar-refractivity contribution in [3.63, 3.8) is 0 Å². The van der Waals surface area contributed by atoms with Crippen LogP contribution < -0.4 is 5.32 Å². The fourth-order valence-corrected chi connectivity index (χ4v) is 4.34. The lowest BCUT2D eigenvalue weighted by molar-refractivity contribution is -0.145. The third-order valence-corrected chi connectivity index (χ3v) is 6.83. The van der Waals surface area contributed by atoms with Gasteiger partial charge in [0.05, 0.1) is 6.61 Å². The second kappa shape index (κ2) is 21.0. The van der Waals surface area contributed by atoms with Crippen molar-refractivity contribution < 1.29 is 9.53 Å². The minimum atomic E-state index is 0.00831. The van der Waals surface area contributed by atoms with Crippen molar-refractivity contribution in [2.24, 2.45) is 23.7 Å². The zero-order valence-electron chi connectivity index (χ0n) is 23.0. The highest BCUT2D eigenvalue weighted by Crippen LogP contribution is 2.22. The molecule has 0 saturated carbocycles. The smallest absolute Gasteiger partial charge is 0.305 e. The number of esters is 1. The highest BCUT2D eigenvalue weighted by molar-refractivity contribution is 5.69. The first-order valence-electron chi connectivity index (χ1n) is 14.1. The molecular weight excluding hydrogens is 394 g/mol. The fraction of sp³-hybridized carbons (Fsp3) is 0.966. The van der Waals surface area contributed by atoms with Gasteiger partial charge in [0.15, 0.2) is 0 Å². The largest absolute Gasteiger partial charge is 0.465 e. The molecule has 0 aromatic rings. The lowest BCUT2D eigenvalue weighted by atomic mass is 9.89. The predicted octanol–water partition coefficient (Wildman–Crippen LogP) is 8.55. The molecule has 0 amide bonds. The standard InChI is InChI=1S/C29H59NO2/c1-8-9-16-27(21-22-30-26(6)7)17-14-12-10-11-13-15-18-29(31)32-23-28(25(4)5)20-19-24(2)3/h24-28,30H,8-23H2,1-7H3. The molecule has 0 aromatic heterocycles. The van der Waals surface area contributed by atoms with Gasteiger partial charge in [0.1, 0.15) is 0 Å². The van der Waals surface area contributed by atoms with E-state index < -0.39 is 0 Å². The van der Waals surface area contributed by atoms with Crippen LogP contribution in [-0.4, -0.2) is 25.2 Å². The maximum absolute atomic E-state index is 12.1. The van der Waals surface area contributed by atoms with Gasteiger partial charge in [0, 0.05) is 12.5 Å². The molecule has 0 saturated heterocycles. The van der Waals surface area contributed by atoms with Gasteiger partial charge in [0.2, 0.25) is 0 Å². The monoisotopic (exact) mass is 453 g/mol. The quantitative estimate of drug-likeness (QED) is 0.132. The summed E-state index contributed by atoms with van der Waals surface area (Å²) in [6.07, 6.45) is 17.2. The Balaban J connectivity index is 3.79. The van der Waals surface area contributed by atoms with Crippen LogP contribution in [0, 0.1) is 23.7 Å². The lowest BCUT2D eigenvalue weighted by Gasteiger charge is -2.21. The number of nitrogens with one attached hydrogen (secondary N) is 1. The minimum Gasteiger partial charge on any atom is -0.465 e. The van der Waals surface area contributed by atoms with Crippen molar-refractivity contribution in [3.05, 3.63) is 0 Å². The summed E-state index contributed by atoms with van der Waals surface area (Å²) in [5.74, 6) is 2.70. The SMILES string of the molecule is CCCCC(CCCCCCCCC(=O)OCC(CCC(C)C)C(C)C)CCNC(C)C. The molecule has 0 aliphatic heterocycles. The highest BCUT2D eigenvalue weighted by Gasteiger charge is 2.16. The first-order chi connectivity index (χ1) is 15.3. The minimum absolute atomic E-state index is 0.00831. The highest BCUT2D eigenvalue weighted by atomic mass is 16.5. The van der Waals surface area contributed by atoms with Crippen molar-refractivity contribution in [2.45, 2.75) is 144 Å². The van der Waals surface area contributed by atoms with Crippen LogP contribution in [0.15, 0.2) is 0 Å². The Kier molecular flexibility index (Phi) is 20.6. The van der Waals surface area contributed by atoms with Gasteiger partial charge in [-0.15, -0.1) is 0 Å². The Morgan fingerprint density at radius 1 is 0.750 bits per heavy atom. The maximum atomic E-state index is 12.1. The van der Waals surface area contributed by atoms with E-state index in [9.17, 15) is 4.79 Å². The number of hydrogen-bond donors (Lipinski definition) is 1. The van der Waals surface area contributed by atoms with E-state index in [-0.39, 0.29) is 5.97 Å². The van der Waals surface area contributed by atoms with Crippen molar-refractivity contribution in [1.82, 2.24) is 5.32 Å². The third-order valence-electron chi connectivity index (χ3n) is 6.83. The number of hydrogen-bond acceptors (Lipinski definition) is 3. The van der Waals surface area contributed by atoms with Gasteiger partial charge in [-0.25, -0.2) is 0 Å². The second-order valence-corrected chi connectivity index (χ2v) is 11.2. The molecule has 3 heteroatoms. The van der Waals surface area contributed by atoms with E-state index in [1.54, 1.807) is 0 Å². The molecule has 0 heterocycles. The van der Waals surface area contributed by atoms with Crippen molar-refractivity contribution in [2.75, 3.05) is 13.2 Å². The number of rotatable bonds is 22. The van der Waals surface area contributed by atoms with E-state index in [1.165, 1.54) is 64.2 Å². The molecule has 0 aliphatic carbocycles. The molecular formula is C29H59NO2. The van der Waals surface area contributed by atoms with Gasteiger partial charge in [-0.3, -0.25) is 4.79 Å². The summed E-state index contributed by atoms with van der Waals surface area (Å²) in [4.78, 5) is 12.1. The maximum Gasteiger partial charge on any atom is 0.305 e. The van der Waals surface area contributed by atoms with Gasteiger partial charge in [-0.2, -0.15) is 0 Å². The zero-order chi connectivity index (χ0) is 24.2. The van der Waals surface area contributed by atoms with E-state index in [1.807, 2.05) is 0 Å². The van der Waals surface area contributed by atoms with Crippen LogP contribution >= 0.6 is 0 Å². The van der Waals surface area contributed by atoms with Gasteiger partial charge >= 0.3 is 5.97 Å². The molecule has 0 aromatic carbocycles. The molecule has 0 bridgehead atoms. The number of ether oxygens (including phenoxy) is 1. The first-order valence-corrected chi connectivity index (χ1v) is 14.1. The topological polar surface area (TPSA) is 38.3 Å². The molecule has 2 atom stereocenters. The molecule has 3 nitrogen and oxygen atoms in total. The zero-order valence-corrected chi connectivity index (χ0v) is 23.0. The van der Waals surface area contributed by atoms with E-state index in [4.69, 9.17) is 4.74 Å². The van der Waals surface area contributed by atoms with E-state index in [0.717, 1.165) is 37.6 Å². The van der Waals surface area contributed by atoms with Crippen LogP contribution in [0.2, 0.25) is 0 Å². The fourth-order valence-electron chi connectivity index (χ4n) is 4.34. The molecule has 0 rings (SSSR count). The normalized spacial score (nSPS) is 13.8. The molecule has 0 spiro atoms. The summed E-state index contributed by atoms with van der Waals surface area (Å²) >= 11 is 0. The summed E-state index contributed by atoms with van der Waals surface area (Å²) in [5, 5.41) is 3.58. The van der Waals surface area contributed by atoms with Crippen LogP contribution in [-0.2, 0) is 9.53 Å². The van der Waals surface area contributed by atoms with Gasteiger partial charge in [0.25, 0.3) is 0 Å². The molecule has 0 radical (unpaired) electrons. The van der Waals surface area contributed by atoms with Crippen molar-refractivity contribution in [3.8, 4) is 0 Å². The summed E-state index contributed by atoms with van der Waals surface area (Å²) in [6, 6.07) is 0.598. The van der Waals surface area contributed by atoms with Crippen LogP contribution in [0.25, 0.3) is 0 Å². The average molecular weight is 454 g/mol. The second-order valence-electron chi connectivity index (χ2n) is 11.2. The molecule has 0 fully saturated rings. The predicted molar refractivity (Wildman–Crippen MR) is 141 cm³/mol. The molecule has 32 heavy (non-hydrogen) atoms. The van der Waals surface area contributed by atoms with Crippen molar-refractivity contribution in [1.29, 1.82) is 0 Å².